The minimum atomic E-state index is -0.539. The van der Waals surface area contributed by atoms with Crippen LogP contribution in [0.1, 0.15) is 24.2 Å². The average Bonchev–Trinajstić information content (AvgIpc) is 2.27. The second kappa shape index (κ2) is 6.05. The van der Waals surface area contributed by atoms with Gasteiger partial charge < -0.3 is 15.7 Å². The third kappa shape index (κ3) is 4.08. The lowest BCUT2D eigenvalue weighted by Crippen LogP contribution is -2.40. The molecule has 5 heteroatoms. The van der Waals surface area contributed by atoms with E-state index in [9.17, 15) is 9.59 Å². The van der Waals surface area contributed by atoms with Crippen molar-refractivity contribution in [2.75, 3.05) is 13.1 Å². The van der Waals surface area contributed by atoms with Crippen LogP contribution in [0.3, 0.4) is 0 Å². The number of aromatic hydroxyl groups is 1. The lowest BCUT2D eigenvalue weighted by molar-refractivity contribution is -0.118. The highest BCUT2D eigenvalue weighted by Gasteiger charge is 2.18. The zero-order chi connectivity index (χ0) is 13.7. The number of phenols is 1. The molecule has 18 heavy (non-hydrogen) atoms. The predicted octanol–water partition coefficient (Wildman–Crippen LogP) is 0.976. The second-order valence-electron chi connectivity index (χ2n) is 4.59. The summed E-state index contributed by atoms with van der Waals surface area (Å²) in [6.45, 7) is 4.27. The summed E-state index contributed by atoms with van der Waals surface area (Å²) >= 11 is 0. The van der Waals surface area contributed by atoms with E-state index < -0.39 is 5.91 Å². The lowest BCUT2D eigenvalue weighted by atomic mass is 10.1. The number of rotatable bonds is 5. The maximum absolute atomic E-state index is 12.2. The van der Waals surface area contributed by atoms with Crippen molar-refractivity contribution in [2.24, 2.45) is 11.7 Å². The molecule has 0 aliphatic rings. The third-order valence-corrected chi connectivity index (χ3v) is 2.33. The first-order chi connectivity index (χ1) is 8.40. The molecule has 1 aromatic carbocycles. The summed E-state index contributed by atoms with van der Waals surface area (Å²) < 4.78 is 0. The van der Waals surface area contributed by atoms with Crippen LogP contribution in [-0.4, -0.2) is 34.9 Å². The molecule has 0 saturated heterocycles. The quantitative estimate of drug-likeness (QED) is 0.817. The van der Waals surface area contributed by atoms with Gasteiger partial charge in [0.15, 0.2) is 0 Å². The van der Waals surface area contributed by atoms with Gasteiger partial charge in [0.1, 0.15) is 5.75 Å². The molecule has 0 aliphatic carbocycles. The number of hydrogen-bond acceptors (Lipinski definition) is 3. The number of amides is 2. The number of benzene rings is 1. The molecule has 5 nitrogen and oxygen atoms in total. The number of nitrogens with two attached hydrogens (primary N) is 1. The number of nitrogens with zero attached hydrogens (tertiary/aromatic N) is 1. The molecule has 98 valence electrons. The molecule has 0 aliphatic heterocycles. The Kier molecular flexibility index (Phi) is 4.71. The monoisotopic (exact) mass is 250 g/mol. The molecule has 1 aromatic rings. The second-order valence-corrected chi connectivity index (χ2v) is 4.59. The van der Waals surface area contributed by atoms with E-state index >= 15 is 0 Å². The Morgan fingerprint density at radius 2 is 1.83 bits per heavy atom. The molecule has 0 bridgehead atoms. The maximum Gasteiger partial charge on any atom is 0.254 e. The fourth-order valence-corrected chi connectivity index (χ4v) is 1.63. The molecule has 0 atom stereocenters. The minimum absolute atomic E-state index is 0.0943. The van der Waals surface area contributed by atoms with Crippen LogP contribution >= 0.6 is 0 Å². The molecule has 0 spiro atoms. The summed E-state index contributed by atoms with van der Waals surface area (Å²) in [5.74, 6) is -0.465. The van der Waals surface area contributed by atoms with Crippen LogP contribution in [0.25, 0.3) is 0 Å². The Morgan fingerprint density at radius 1 is 1.28 bits per heavy atom. The lowest BCUT2D eigenvalue weighted by Gasteiger charge is -2.23. The Labute approximate surface area is 106 Å². The summed E-state index contributed by atoms with van der Waals surface area (Å²) in [5, 5.41) is 9.17. The van der Waals surface area contributed by atoms with Crippen molar-refractivity contribution in [2.45, 2.75) is 13.8 Å². The molecule has 2 amide bonds. The zero-order valence-electron chi connectivity index (χ0n) is 10.6. The van der Waals surface area contributed by atoms with Crippen LogP contribution in [0.5, 0.6) is 5.75 Å². The molecule has 0 fully saturated rings. The molecule has 0 heterocycles. The normalized spacial score (nSPS) is 10.4. The van der Waals surface area contributed by atoms with E-state index in [0.29, 0.717) is 12.1 Å². The van der Waals surface area contributed by atoms with Gasteiger partial charge in [-0.25, -0.2) is 0 Å². The van der Waals surface area contributed by atoms with Crippen LogP contribution in [0.15, 0.2) is 24.3 Å². The summed E-state index contributed by atoms with van der Waals surface area (Å²) in [6.07, 6.45) is 0. The van der Waals surface area contributed by atoms with E-state index in [1.54, 1.807) is 0 Å². The van der Waals surface area contributed by atoms with E-state index in [-0.39, 0.29) is 24.1 Å². The van der Waals surface area contributed by atoms with E-state index in [1.807, 2.05) is 13.8 Å². The summed E-state index contributed by atoms with van der Waals surface area (Å²) in [7, 11) is 0. The number of primary amides is 1. The van der Waals surface area contributed by atoms with Gasteiger partial charge in [-0.05, 0) is 30.2 Å². The van der Waals surface area contributed by atoms with E-state index in [0.717, 1.165) is 0 Å². The topological polar surface area (TPSA) is 83.6 Å². The average molecular weight is 250 g/mol. The van der Waals surface area contributed by atoms with Crippen molar-refractivity contribution in [1.82, 2.24) is 4.90 Å². The molecule has 0 saturated carbocycles. The van der Waals surface area contributed by atoms with Gasteiger partial charge in [0.2, 0.25) is 5.91 Å². The standard InChI is InChI=1S/C13H18N2O3/c1-9(2)7-15(8-12(14)17)13(18)10-3-5-11(16)6-4-10/h3-6,9,16H,7-8H2,1-2H3,(H2,14,17). The summed E-state index contributed by atoms with van der Waals surface area (Å²) in [5.41, 5.74) is 5.56. The highest BCUT2D eigenvalue weighted by molar-refractivity contribution is 5.96. The number of carbonyl (C=O) groups excluding carboxylic acids is 2. The van der Waals surface area contributed by atoms with Gasteiger partial charge in [0.25, 0.3) is 5.91 Å². The van der Waals surface area contributed by atoms with Crippen molar-refractivity contribution >= 4 is 11.8 Å². The molecule has 0 unspecified atom stereocenters. The molecule has 1 rings (SSSR count). The number of carbonyl (C=O) groups is 2. The van der Waals surface area contributed by atoms with Crippen molar-refractivity contribution in [3.63, 3.8) is 0 Å². The van der Waals surface area contributed by atoms with Gasteiger partial charge in [0, 0.05) is 12.1 Å². The molecular formula is C13H18N2O3. The molecule has 3 N–H and O–H groups in total. The summed E-state index contributed by atoms with van der Waals surface area (Å²) in [6, 6.07) is 5.91. The fourth-order valence-electron chi connectivity index (χ4n) is 1.63. The smallest absolute Gasteiger partial charge is 0.254 e. The van der Waals surface area contributed by atoms with Crippen LogP contribution < -0.4 is 5.73 Å². The number of phenolic OH excluding ortho intramolecular Hbond substituents is 1. The Bertz CT molecular complexity index is 426. The first kappa shape index (κ1) is 14.0. The first-order valence-electron chi connectivity index (χ1n) is 5.76. The molecular weight excluding hydrogens is 232 g/mol. The first-order valence-corrected chi connectivity index (χ1v) is 5.76. The van der Waals surface area contributed by atoms with Crippen molar-refractivity contribution in [3.05, 3.63) is 29.8 Å². The minimum Gasteiger partial charge on any atom is -0.508 e. The predicted molar refractivity (Wildman–Crippen MR) is 68.0 cm³/mol. The van der Waals surface area contributed by atoms with E-state index in [2.05, 4.69) is 0 Å². The highest BCUT2D eigenvalue weighted by Crippen LogP contribution is 2.12. The fraction of sp³-hybridized carbons (Fsp3) is 0.385. The number of hydrogen-bond donors (Lipinski definition) is 2. The largest absolute Gasteiger partial charge is 0.508 e. The molecule has 0 radical (unpaired) electrons. The van der Waals surface area contributed by atoms with Gasteiger partial charge in [0.05, 0.1) is 6.54 Å². The third-order valence-electron chi connectivity index (χ3n) is 2.33. The molecule has 0 aromatic heterocycles. The Morgan fingerprint density at radius 3 is 2.28 bits per heavy atom. The SMILES string of the molecule is CC(C)CN(CC(N)=O)C(=O)c1ccc(O)cc1. The van der Waals surface area contributed by atoms with Gasteiger partial charge in [-0.1, -0.05) is 13.8 Å². The van der Waals surface area contributed by atoms with Crippen molar-refractivity contribution in [3.8, 4) is 5.75 Å². The van der Waals surface area contributed by atoms with Gasteiger partial charge in [-0.2, -0.15) is 0 Å². The summed E-state index contributed by atoms with van der Waals surface area (Å²) in [4.78, 5) is 24.5. The van der Waals surface area contributed by atoms with Crippen LogP contribution in [0.4, 0.5) is 0 Å². The van der Waals surface area contributed by atoms with E-state index in [1.165, 1.54) is 29.2 Å². The highest BCUT2D eigenvalue weighted by atomic mass is 16.3. The van der Waals surface area contributed by atoms with Gasteiger partial charge in [-0.15, -0.1) is 0 Å². The Hall–Kier alpha value is -2.04. The van der Waals surface area contributed by atoms with Crippen molar-refractivity contribution in [1.29, 1.82) is 0 Å². The van der Waals surface area contributed by atoms with Gasteiger partial charge in [-0.3, -0.25) is 9.59 Å². The van der Waals surface area contributed by atoms with Crippen LogP contribution in [0, 0.1) is 5.92 Å². The zero-order valence-corrected chi connectivity index (χ0v) is 10.6. The van der Waals surface area contributed by atoms with Crippen molar-refractivity contribution < 1.29 is 14.7 Å². The maximum atomic E-state index is 12.2. The van der Waals surface area contributed by atoms with E-state index in [4.69, 9.17) is 10.8 Å². The Balaban J connectivity index is 2.87. The van der Waals surface area contributed by atoms with Gasteiger partial charge >= 0.3 is 0 Å². The van der Waals surface area contributed by atoms with Crippen LogP contribution in [0.2, 0.25) is 0 Å². The van der Waals surface area contributed by atoms with Crippen LogP contribution in [-0.2, 0) is 4.79 Å².